The van der Waals surface area contributed by atoms with Crippen molar-refractivity contribution in [1.29, 1.82) is 0 Å². The lowest BCUT2D eigenvalue weighted by Gasteiger charge is -2.15. The number of carbonyl (C=O) groups is 2. The van der Waals surface area contributed by atoms with E-state index < -0.39 is 5.97 Å². The fourth-order valence-electron chi connectivity index (χ4n) is 3.88. The monoisotopic (exact) mass is 431 g/mol. The molecule has 1 aliphatic heterocycles. The van der Waals surface area contributed by atoms with Crippen LogP contribution in [-0.2, 0) is 11.3 Å². The smallest absolute Gasteiger partial charge is 0.339 e. The zero-order valence-electron chi connectivity index (χ0n) is 17.5. The molecule has 5 rings (SSSR count). The van der Waals surface area contributed by atoms with E-state index in [2.05, 4.69) is 10.1 Å². The number of hydrogen-bond donors (Lipinski definition) is 0. The van der Waals surface area contributed by atoms with E-state index in [1.54, 1.807) is 49.4 Å². The number of carbonyl (C=O) groups excluding carboxylic acids is 2. The van der Waals surface area contributed by atoms with Crippen molar-refractivity contribution >= 4 is 23.0 Å². The topological polar surface area (TPSA) is 98.7 Å². The van der Waals surface area contributed by atoms with Crippen LogP contribution in [0.2, 0.25) is 0 Å². The number of pyridine rings is 1. The van der Waals surface area contributed by atoms with E-state index in [1.165, 1.54) is 6.26 Å². The van der Waals surface area contributed by atoms with Gasteiger partial charge in [-0.3, -0.25) is 4.79 Å². The minimum Gasteiger partial charge on any atom is -0.463 e. The first-order chi connectivity index (χ1) is 15.6. The number of rotatable bonds is 5. The first-order valence-electron chi connectivity index (χ1n) is 10.5. The summed E-state index contributed by atoms with van der Waals surface area (Å²) in [5.74, 6) is 0.0283. The molecule has 0 aliphatic carbocycles. The summed E-state index contributed by atoms with van der Waals surface area (Å²) >= 11 is 0. The number of nitrogens with zero attached hydrogens (tertiary/aromatic N) is 3. The van der Waals surface area contributed by atoms with Crippen molar-refractivity contribution in [3.05, 3.63) is 71.1 Å². The van der Waals surface area contributed by atoms with Crippen LogP contribution in [-0.4, -0.2) is 40.0 Å². The Morgan fingerprint density at radius 1 is 1.12 bits per heavy atom. The van der Waals surface area contributed by atoms with Gasteiger partial charge < -0.3 is 18.6 Å². The Morgan fingerprint density at radius 3 is 2.62 bits per heavy atom. The van der Waals surface area contributed by atoms with E-state index in [9.17, 15) is 9.59 Å². The van der Waals surface area contributed by atoms with Gasteiger partial charge in [0, 0.05) is 18.7 Å². The summed E-state index contributed by atoms with van der Waals surface area (Å²) in [6, 6.07) is 12.3. The molecule has 0 atom stereocenters. The Balaban J connectivity index is 1.34. The fourth-order valence-corrected chi connectivity index (χ4v) is 3.88. The Bertz CT molecular complexity index is 1270. The van der Waals surface area contributed by atoms with Crippen LogP contribution in [0.4, 0.5) is 0 Å². The molecule has 1 saturated heterocycles. The van der Waals surface area contributed by atoms with Crippen LogP contribution < -0.4 is 0 Å². The second kappa shape index (κ2) is 8.30. The van der Waals surface area contributed by atoms with Crippen molar-refractivity contribution in [3.63, 3.8) is 0 Å². The summed E-state index contributed by atoms with van der Waals surface area (Å²) < 4.78 is 16.2. The lowest BCUT2D eigenvalue weighted by Crippen LogP contribution is -2.27. The number of fused-ring (bicyclic) bond motifs is 1. The molecule has 0 bridgehead atoms. The molecule has 3 aromatic heterocycles. The Hall–Kier alpha value is -3.94. The minimum atomic E-state index is -0.520. The molecule has 1 aromatic carbocycles. The highest BCUT2D eigenvalue weighted by molar-refractivity contribution is 6.04. The largest absolute Gasteiger partial charge is 0.463 e. The molecular weight excluding hydrogens is 410 g/mol. The molecule has 0 saturated carbocycles. The standard InChI is InChI=1S/C24H21N3O5/c1-15-21-18(13-19(20-5-4-12-30-20)25-22(21)32-26-15)24(29)31-14-16-6-8-17(9-7-16)23(28)27-10-2-3-11-27/h4-9,12-13H,2-3,10-11,14H2,1H3. The number of amides is 1. The molecule has 4 aromatic rings. The van der Waals surface area contributed by atoms with Gasteiger partial charge in [-0.05, 0) is 55.7 Å². The lowest BCUT2D eigenvalue weighted by molar-refractivity contribution is 0.0474. The van der Waals surface area contributed by atoms with Gasteiger partial charge >= 0.3 is 5.97 Å². The van der Waals surface area contributed by atoms with Crippen LogP contribution in [0.1, 0.15) is 44.8 Å². The van der Waals surface area contributed by atoms with Gasteiger partial charge in [0.15, 0.2) is 5.76 Å². The number of esters is 1. The molecule has 8 nitrogen and oxygen atoms in total. The molecule has 0 spiro atoms. The second-order valence-electron chi connectivity index (χ2n) is 7.75. The van der Waals surface area contributed by atoms with E-state index in [0.29, 0.717) is 33.7 Å². The van der Waals surface area contributed by atoms with E-state index >= 15 is 0 Å². The van der Waals surface area contributed by atoms with Gasteiger partial charge in [-0.2, -0.15) is 0 Å². The zero-order chi connectivity index (χ0) is 22.1. The third-order valence-electron chi connectivity index (χ3n) is 5.57. The summed E-state index contributed by atoms with van der Waals surface area (Å²) in [4.78, 5) is 31.7. The number of benzene rings is 1. The summed E-state index contributed by atoms with van der Waals surface area (Å²) in [5, 5.41) is 4.44. The second-order valence-corrected chi connectivity index (χ2v) is 7.75. The molecule has 32 heavy (non-hydrogen) atoms. The van der Waals surface area contributed by atoms with Gasteiger partial charge in [0.25, 0.3) is 11.6 Å². The minimum absolute atomic E-state index is 0.0404. The number of aryl methyl sites for hydroxylation is 1. The molecule has 8 heteroatoms. The van der Waals surface area contributed by atoms with Crippen LogP contribution in [0.3, 0.4) is 0 Å². The van der Waals surface area contributed by atoms with Crippen LogP contribution >= 0.6 is 0 Å². The third-order valence-corrected chi connectivity index (χ3v) is 5.57. The maximum absolute atomic E-state index is 12.9. The normalized spacial score (nSPS) is 13.6. The molecule has 1 fully saturated rings. The van der Waals surface area contributed by atoms with E-state index in [-0.39, 0.29) is 18.2 Å². The van der Waals surface area contributed by atoms with Crippen molar-refractivity contribution in [1.82, 2.24) is 15.0 Å². The third kappa shape index (κ3) is 3.75. The number of ether oxygens (including phenoxy) is 1. The first kappa shape index (κ1) is 20.0. The van der Waals surface area contributed by atoms with E-state index in [4.69, 9.17) is 13.7 Å². The number of hydrogen-bond acceptors (Lipinski definition) is 7. The van der Waals surface area contributed by atoms with Crippen LogP contribution in [0.25, 0.3) is 22.6 Å². The van der Waals surface area contributed by atoms with Crippen molar-refractivity contribution in [2.45, 2.75) is 26.4 Å². The summed E-state index contributed by atoms with van der Waals surface area (Å²) in [5.41, 5.74) is 2.98. The SMILES string of the molecule is Cc1noc2nc(-c3ccco3)cc(C(=O)OCc3ccc(C(=O)N4CCCC4)cc3)c12. The predicted molar refractivity (Wildman–Crippen MR) is 115 cm³/mol. The van der Waals surface area contributed by atoms with Crippen LogP contribution in [0, 0.1) is 6.92 Å². The average Bonchev–Trinajstić information content (AvgIpc) is 3.59. The van der Waals surface area contributed by atoms with Crippen LogP contribution in [0.5, 0.6) is 0 Å². The van der Waals surface area contributed by atoms with Crippen molar-refractivity contribution in [3.8, 4) is 11.5 Å². The number of aromatic nitrogens is 2. The predicted octanol–water partition coefficient (Wildman–Crippen LogP) is 4.38. The Morgan fingerprint density at radius 2 is 1.91 bits per heavy atom. The van der Waals surface area contributed by atoms with Gasteiger partial charge in [-0.1, -0.05) is 17.3 Å². The van der Waals surface area contributed by atoms with Gasteiger partial charge in [0.2, 0.25) is 0 Å². The highest BCUT2D eigenvalue weighted by atomic mass is 16.5. The Kier molecular flexibility index (Phi) is 5.18. The summed E-state index contributed by atoms with van der Waals surface area (Å²) in [6.45, 7) is 3.43. The van der Waals surface area contributed by atoms with Gasteiger partial charge in [-0.25, -0.2) is 9.78 Å². The number of likely N-dealkylation sites (tertiary alicyclic amines) is 1. The lowest BCUT2D eigenvalue weighted by atomic mass is 10.1. The van der Waals surface area contributed by atoms with Crippen LogP contribution in [0.15, 0.2) is 57.7 Å². The highest BCUT2D eigenvalue weighted by Crippen LogP contribution is 2.28. The maximum Gasteiger partial charge on any atom is 0.339 e. The first-order valence-corrected chi connectivity index (χ1v) is 10.5. The highest BCUT2D eigenvalue weighted by Gasteiger charge is 2.22. The fraction of sp³-hybridized carbons (Fsp3) is 0.250. The summed E-state index contributed by atoms with van der Waals surface area (Å²) in [6.07, 6.45) is 3.63. The zero-order valence-corrected chi connectivity index (χ0v) is 17.5. The molecule has 0 radical (unpaired) electrons. The molecule has 0 N–H and O–H groups in total. The molecule has 1 amide bonds. The van der Waals surface area contributed by atoms with E-state index in [1.807, 2.05) is 4.90 Å². The van der Waals surface area contributed by atoms with Crippen molar-refractivity contribution < 1.29 is 23.3 Å². The molecule has 4 heterocycles. The average molecular weight is 431 g/mol. The van der Waals surface area contributed by atoms with Gasteiger partial charge in [0.1, 0.15) is 12.3 Å². The van der Waals surface area contributed by atoms with Gasteiger partial charge in [-0.15, -0.1) is 0 Å². The Labute approximate surface area is 183 Å². The van der Waals surface area contributed by atoms with Crippen molar-refractivity contribution in [2.24, 2.45) is 0 Å². The quantitative estimate of drug-likeness (QED) is 0.432. The van der Waals surface area contributed by atoms with Crippen molar-refractivity contribution in [2.75, 3.05) is 13.1 Å². The molecule has 0 unspecified atom stereocenters. The molecule has 1 aliphatic rings. The summed E-state index contributed by atoms with van der Waals surface area (Å²) in [7, 11) is 0. The van der Waals surface area contributed by atoms with Gasteiger partial charge in [0.05, 0.1) is 22.9 Å². The maximum atomic E-state index is 12.9. The molecular formula is C24H21N3O5. The molecule has 162 valence electrons. The number of furan rings is 1. The van der Waals surface area contributed by atoms with E-state index in [0.717, 1.165) is 31.5 Å².